The summed E-state index contributed by atoms with van der Waals surface area (Å²) in [4.78, 5) is 16.4. The van der Waals surface area contributed by atoms with Gasteiger partial charge in [-0.25, -0.2) is 0 Å². The maximum Gasteiger partial charge on any atom is 0.259 e. The number of amides is 1. The van der Waals surface area contributed by atoms with E-state index in [0.29, 0.717) is 21.3 Å². The molecule has 0 aliphatic rings. The van der Waals surface area contributed by atoms with Crippen molar-refractivity contribution in [3.05, 3.63) is 63.9 Å². The standard InChI is InChI=1S/C17H13Cl2N3O2/c1-10-6-7-11(18)8-14(10)20-16(23)9-15-21-17(24-22-15)12-4-2-3-5-13(12)19/h2-8H,9H2,1H3,(H,20,23). The van der Waals surface area contributed by atoms with Crippen LogP contribution < -0.4 is 5.32 Å². The number of nitrogens with zero attached hydrogens (tertiary/aromatic N) is 2. The Morgan fingerprint density at radius 1 is 1.21 bits per heavy atom. The minimum Gasteiger partial charge on any atom is -0.334 e. The number of halogens is 2. The van der Waals surface area contributed by atoms with E-state index in [4.69, 9.17) is 27.7 Å². The van der Waals surface area contributed by atoms with E-state index in [2.05, 4.69) is 15.5 Å². The summed E-state index contributed by atoms with van der Waals surface area (Å²) in [6, 6.07) is 12.4. The molecule has 0 radical (unpaired) electrons. The highest BCUT2D eigenvalue weighted by Gasteiger charge is 2.15. The highest BCUT2D eigenvalue weighted by Crippen LogP contribution is 2.26. The molecule has 0 spiro atoms. The quantitative estimate of drug-likeness (QED) is 0.740. The molecular formula is C17H13Cl2N3O2. The lowest BCUT2D eigenvalue weighted by atomic mass is 10.2. The number of anilines is 1. The number of carbonyl (C=O) groups excluding carboxylic acids is 1. The molecule has 0 saturated carbocycles. The van der Waals surface area contributed by atoms with E-state index in [9.17, 15) is 4.79 Å². The molecule has 3 rings (SSSR count). The van der Waals surface area contributed by atoms with Crippen molar-refractivity contribution in [2.75, 3.05) is 5.32 Å². The number of benzene rings is 2. The van der Waals surface area contributed by atoms with Crippen molar-refractivity contribution in [3.8, 4) is 11.5 Å². The molecule has 1 N–H and O–H groups in total. The van der Waals surface area contributed by atoms with E-state index in [1.165, 1.54) is 0 Å². The molecule has 0 unspecified atom stereocenters. The SMILES string of the molecule is Cc1ccc(Cl)cc1NC(=O)Cc1noc(-c2ccccc2Cl)n1. The average molecular weight is 362 g/mol. The smallest absolute Gasteiger partial charge is 0.259 e. The molecule has 2 aromatic carbocycles. The molecular weight excluding hydrogens is 349 g/mol. The number of rotatable bonds is 4. The van der Waals surface area contributed by atoms with Gasteiger partial charge in [-0.2, -0.15) is 4.98 Å². The third-order valence-corrected chi connectivity index (χ3v) is 3.93. The van der Waals surface area contributed by atoms with Crippen molar-refractivity contribution in [1.82, 2.24) is 10.1 Å². The van der Waals surface area contributed by atoms with Crippen molar-refractivity contribution in [2.45, 2.75) is 13.3 Å². The van der Waals surface area contributed by atoms with Gasteiger partial charge in [0.15, 0.2) is 5.82 Å². The first-order valence-electron chi connectivity index (χ1n) is 7.16. The zero-order valence-corrected chi connectivity index (χ0v) is 14.2. The maximum absolute atomic E-state index is 12.2. The second-order valence-electron chi connectivity index (χ2n) is 5.18. The van der Waals surface area contributed by atoms with Crippen LogP contribution in [0.5, 0.6) is 0 Å². The first kappa shape index (κ1) is 16.5. The van der Waals surface area contributed by atoms with Crippen molar-refractivity contribution in [2.24, 2.45) is 0 Å². The lowest BCUT2D eigenvalue weighted by Gasteiger charge is -2.07. The van der Waals surface area contributed by atoms with Crippen LogP contribution in [0.15, 0.2) is 47.0 Å². The molecule has 1 amide bonds. The zero-order chi connectivity index (χ0) is 17.1. The third-order valence-electron chi connectivity index (χ3n) is 3.36. The Labute approximate surface area is 148 Å². The van der Waals surface area contributed by atoms with Gasteiger partial charge in [0.05, 0.1) is 17.0 Å². The van der Waals surface area contributed by atoms with Crippen LogP contribution in [0, 0.1) is 6.92 Å². The minimum absolute atomic E-state index is 0.0140. The highest BCUT2D eigenvalue weighted by molar-refractivity contribution is 6.33. The second-order valence-corrected chi connectivity index (χ2v) is 6.02. The van der Waals surface area contributed by atoms with E-state index in [1.54, 1.807) is 24.3 Å². The summed E-state index contributed by atoms with van der Waals surface area (Å²) in [7, 11) is 0. The van der Waals surface area contributed by atoms with E-state index in [1.807, 2.05) is 25.1 Å². The van der Waals surface area contributed by atoms with E-state index >= 15 is 0 Å². The van der Waals surface area contributed by atoms with Crippen LogP contribution in [0.25, 0.3) is 11.5 Å². The predicted molar refractivity (Wildman–Crippen MR) is 93.3 cm³/mol. The van der Waals surface area contributed by atoms with Crippen LogP contribution in [0.2, 0.25) is 10.0 Å². The Balaban J connectivity index is 1.72. The molecule has 0 saturated heterocycles. The molecule has 1 heterocycles. The van der Waals surface area contributed by atoms with Gasteiger partial charge in [-0.15, -0.1) is 0 Å². The Hall–Kier alpha value is -2.37. The average Bonchev–Trinajstić information content (AvgIpc) is 2.99. The first-order valence-corrected chi connectivity index (χ1v) is 7.92. The molecule has 24 heavy (non-hydrogen) atoms. The second kappa shape index (κ2) is 7.03. The maximum atomic E-state index is 12.2. The normalized spacial score (nSPS) is 10.6. The molecule has 0 bridgehead atoms. The molecule has 0 aliphatic heterocycles. The summed E-state index contributed by atoms with van der Waals surface area (Å²) in [6.45, 7) is 1.88. The van der Waals surface area contributed by atoms with Gasteiger partial charge in [0.25, 0.3) is 5.89 Å². The Kier molecular flexibility index (Phi) is 4.83. The summed E-state index contributed by atoms with van der Waals surface area (Å²) < 4.78 is 5.18. The van der Waals surface area contributed by atoms with E-state index in [-0.39, 0.29) is 24.0 Å². The van der Waals surface area contributed by atoms with Gasteiger partial charge in [-0.1, -0.05) is 46.6 Å². The predicted octanol–water partition coefficient (Wildman–Crippen LogP) is 4.53. The monoisotopic (exact) mass is 361 g/mol. The van der Waals surface area contributed by atoms with Gasteiger partial charge < -0.3 is 9.84 Å². The summed E-state index contributed by atoms with van der Waals surface area (Å²) >= 11 is 12.0. The van der Waals surface area contributed by atoms with Crippen LogP contribution in [-0.2, 0) is 11.2 Å². The Morgan fingerprint density at radius 3 is 2.79 bits per heavy atom. The van der Waals surface area contributed by atoms with Crippen LogP contribution in [0.3, 0.4) is 0 Å². The summed E-state index contributed by atoms with van der Waals surface area (Å²) in [5.41, 5.74) is 2.20. The van der Waals surface area contributed by atoms with Crippen molar-refractivity contribution < 1.29 is 9.32 Å². The number of aryl methyl sites for hydroxylation is 1. The van der Waals surface area contributed by atoms with Gasteiger partial charge >= 0.3 is 0 Å². The van der Waals surface area contributed by atoms with Gasteiger partial charge in [0.1, 0.15) is 0 Å². The number of nitrogens with one attached hydrogen (secondary N) is 1. The molecule has 7 heteroatoms. The summed E-state index contributed by atoms with van der Waals surface area (Å²) in [5.74, 6) is 0.302. The van der Waals surface area contributed by atoms with Crippen LogP contribution in [0.1, 0.15) is 11.4 Å². The van der Waals surface area contributed by atoms with Gasteiger partial charge in [0.2, 0.25) is 5.91 Å². The third kappa shape index (κ3) is 3.75. The molecule has 0 aliphatic carbocycles. The largest absolute Gasteiger partial charge is 0.334 e. The summed E-state index contributed by atoms with van der Waals surface area (Å²) in [6.07, 6.45) is -0.0140. The zero-order valence-electron chi connectivity index (χ0n) is 12.7. The minimum atomic E-state index is -0.258. The molecule has 5 nitrogen and oxygen atoms in total. The fraction of sp³-hybridized carbons (Fsp3) is 0.118. The van der Waals surface area contributed by atoms with Crippen LogP contribution in [0.4, 0.5) is 5.69 Å². The van der Waals surface area contributed by atoms with E-state index < -0.39 is 0 Å². The molecule has 122 valence electrons. The van der Waals surface area contributed by atoms with Crippen molar-refractivity contribution >= 4 is 34.8 Å². The fourth-order valence-electron chi connectivity index (χ4n) is 2.14. The lowest BCUT2D eigenvalue weighted by Crippen LogP contribution is -2.15. The highest BCUT2D eigenvalue weighted by atomic mass is 35.5. The number of carbonyl (C=O) groups is 1. The molecule has 0 atom stereocenters. The topological polar surface area (TPSA) is 68.0 Å². The molecule has 3 aromatic rings. The Morgan fingerprint density at radius 2 is 2.00 bits per heavy atom. The van der Waals surface area contributed by atoms with E-state index in [0.717, 1.165) is 5.56 Å². The van der Waals surface area contributed by atoms with Crippen molar-refractivity contribution in [1.29, 1.82) is 0 Å². The Bertz CT molecular complexity index is 893. The molecule has 0 fully saturated rings. The molecule has 1 aromatic heterocycles. The summed E-state index contributed by atoms with van der Waals surface area (Å²) in [5, 5.41) is 7.67. The lowest BCUT2D eigenvalue weighted by molar-refractivity contribution is -0.115. The fourth-order valence-corrected chi connectivity index (χ4v) is 2.53. The number of hydrogen-bond donors (Lipinski definition) is 1. The van der Waals surface area contributed by atoms with Gasteiger partial charge in [-0.05, 0) is 36.8 Å². The number of hydrogen-bond acceptors (Lipinski definition) is 4. The first-order chi connectivity index (χ1) is 11.5. The van der Waals surface area contributed by atoms with Crippen molar-refractivity contribution in [3.63, 3.8) is 0 Å². The number of aromatic nitrogens is 2. The van der Waals surface area contributed by atoms with Gasteiger partial charge in [0, 0.05) is 10.7 Å². The van der Waals surface area contributed by atoms with Crippen LogP contribution >= 0.6 is 23.2 Å². The van der Waals surface area contributed by atoms with Gasteiger partial charge in [-0.3, -0.25) is 4.79 Å². The van der Waals surface area contributed by atoms with Crippen LogP contribution in [-0.4, -0.2) is 16.0 Å².